The summed E-state index contributed by atoms with van der Waals surface area (Å²) in [7, 11) is 0. The number of urea groups is 1. The van der Waals surface area contributed by atoms with Crippen LogP contribution < -0.4 is 16.0 Å². The van der Waals surface area contributed by atoms with E-state index in [4.69, 9.17) is 0 Å². The van der Waals surface area contributed by atoms with Gasteiger partial charge in [-0.15, -0.1) is 0 Å². The lowest BCUT2D eigenvalue weighted by molar-refractivity contribution is -0.116. The maximum Gasteiger partial charge on any atom is 0.315 e. The van der Waals surface area contributed by atoms with Gasteiger partial charge in [-0.3, -0.25) is 9.78 Å². The van der Waals surface area contributed by atoms with Gasteiger partial charge in [0, 0.05) is 37.1 Å². The van der Waals surface area contributed by atoms with Crippen molar-refractivity contribution in [1.82, 2.24) is 15.6 Å². The molecule has 1 aromatic heterocycles. The molecule has 0 radical (unpaired) electrons. The zero-order chi connectivity index (χ0) is 14.9. The third-order valence-electron chi connectivity index (χ3n) is 3.54. The number of aromatic nitrogens is 1. The van der Waals surface area contributed by atoms with Crippen LogP contribution in [0.5, 0.6) is 0 Å². The smallest absolute Gasteiger partial charge is 0.315 e. The van der Waals surface area contributed by atoms with Gasteiger partial charge < -0.3 is 16.0 Å². The highest BCUT2D eigenvalue weighted by molar-refractivity contribution is 5.91. The lowest BCUT2D eigenvalue weighted by Crippen LogP contribution is -2.43. The van der Waals surface area contributed by atoms with E-state index in [9.17, 15) is 9.59 Å². The second kappa shape index (κ2) is 8.24. The Hall–Kier alpha value is -2.11. The molecule has 0 bridgehead atoms. The number of rotatable bonds is 5. The standard InChI is InChI=1S/C15H22N4O2/c20-14(18-13-6-9-16-10-7-13)8-11-17-15(21)19-12-4-2-1-3-5-12/h6-7,9-10,12H,1-5,8,11H2,(H,16,18,20)(H2,17,19,21). The van der Waals surface area contributed by atoms with Crippen LogP contribution in [0.2, 0.25) is 0 Å². The molecule has 2 rings (SSSR count). The molecule has 1 saturated carbocycles. The normalized spacial score (nSPS) is 15.2. The molecule has 6 nitrogen and oxygen atoms in total. The third kappa shape index (κ3) is 5.81. The van der Waals surface area contributed by atoms with Crippen molar-refractivity contribution in [2.45, 2.75) is 44.6 Å². The molecule has 1 aliphatic carbocycles. The van der Waals surface area contributed by atoms with Crippen LogP contribution in [0.1, 0.15) is 38.5 Å². The molecule has 1 fully saturated rings. The Morgan fingerprint density at radius 3 is 2.57 bits per heavy atom. The van der Waals surface area contributed by atoms with E-state index >= 15 is 0 Å². The van der Waals surface area contributed by atoms with Gasteiger partial charge in [-0.1, -0.05) is 19.3 Å². The fourth-order valence-electron chi connectivity index (χ4n) is 2.43. The molecule has 0 spiro atoms. The van der Waals surface area contributed by atoms with Gasteiger partial charge in [0.1, 0.15) is 0 Å². The summed E-state index contributed by atoms with van der Waals surface area (Å²) in [6.45, 7) is 0.329. The van der Waals surface area contributed by atoms with Crippen molar-refractivity contribution in [1.29, 1.82) is 0 Å². The highest BCUT2D eigenvalue weighted by Gasteiger charge is 2.15. The molecule has 0 atom stereocenters. The van der Waals surface area contributed by atoms with Crippen LogP contribution in [0, 0.1) is 0 Å². The maximum absolute atomic E-state index is 11.7. The number of anilines is 1. The number of nitrogens with one attached hydrogen (secondary N) is 3. The molecular weight excluding hydrogens is 268 g/mol. The summed E-state index contributed by atoms with van der Waals surface area (Å²) in [4.78, 5) is 27.2. The van der Waals surface area contributed by atoms with E-state index in [1.165, 1.54) is 19.3 Å². The van der Waals surface area contributed by atoms with Gasteiger partial charge in [0.2, 0.25) is 5.91 Å². The van der Waals surface area contributed by atoms with E-state index in [1.807, 2.05) is 0 Å². The Kier molecular flexibility index (Phi) is 5.99. The van der Waals surface area contributed by atoms with Crippen molar-refractivity contribution in [3.8, 4) is 0 Å². The second-order valence-corrected chi connectivity index (χ2v) is 5.27. The molecule has 114 valence electrons. The van der Waals surface area contributed by atoms with Crippen molar-refractivity contribution in [3.63, 3.8) is 0 Å². The zero-order valence-electron chi connectivity index (χ0n) is 12.1. The summed E-state index contributed by atoms with van der Waals surface area (Å²) in [6.07, 6.45) is 9.21. The monoisotopic (exact) mass is 290 g/mol. The van der Waals surface area contributed by atoms with E-state index in [2.05, 4.69) is 20.9 Å². The predicted octanol–water partition coefficient (Wildman–Crippen LogP) is 2.04. The minimum absolute atomic E-state index is 0.126. The number of amides is 3. The van der Waals surface area contributed by atoms with E-state index in [0.717, 1.165) is 12.8 Å². The van der Waals surface area contributed by atoms with E-state index in [0.29, 0.717) is 12.2 Å². The number of carbonyl (C=O) groups is 2. The molecular formula is C15H22N4O2. The van der Waals surface area contributed by atoms with Crippen molar-refractivity contribution in [2.75, 3.05) is 11.9 Å². The fraction of sp³-hybridized carbons (Fsp3) is 0.533. The van der Waals surface area contributed by atoms with Gasteiger partial charge in [0.15, 0.2) is 0 Å². The average Bonchev–Trinajstić information content (AvgIpc) is 2.49. The Labute approximate surface area is 124 Å². The van der Waals surface area contributed by atoms with Crippen molar-refractivity contribution < 1.29 is 9.59 Å². The summed E-state index contributed by atoms with van der Waals surface area (Å²) >= 11 is 0. The molecule has 1 aromatic rings. The third-order valence-corrected chi connectivity index (χ3v) is 3.54. The van der Waals surface area contributed by atoms with Gasteiger partial charge in [-0.2, -0.15) is 0 Å². The molecule has 0 unspecified atom stereocenters. The zero-order valence-corrected chi connectivity index (χ0v) is 12.1. The first-order valence-electron chi connectivity index (χ1n) is 7.48. The molecule has 3 amide bonds. The molecule has 3 N–H and O–H groups in total. The van der Waals surface area contributed by atoms with Crippen LogP contribution in [0.25, 0.3) is 0 Å². The Morgan fingerprint density at radius 2 is 1.86 bits per heavy atom. The Balaban J connectivity index is 1.60. The van der Waals surface area contributed by atoms with Crippen molar-refractivity contribution in [3.05, 3.63) is 24.5 Å². The van der Waals surface area contributed by atoms with Gasteiger partial charge in [0.25, 0.3) is 0 Å². The van der Waals surface area contributed by atoms with Crippen LogP contribution in [-0.4, -0.2) is 29.5 Å². The number of nitrogens with zero attached hydrogens (tertiary/aromatic N) is 1. The Bertz CT molecular complexity index is 458. The lowest BCUT2D eigenvalue weighted by atomic mass is 9.96. The molecule has 0 aromatic carbocycles. The van der Waals surface area contributed by atoms with Crippen molar-refractivity contribution >= 4 is 17.6 Å². The van der Waals surface area contributed by atoms with Crippen LogP contribution in [0.3, 0.4) is 0 Å². The molecule has 21 heavy (non-hydrogen) atoms. The van der Waals surface area contributed by atoms with Crippen LogP contribution >= 0.6 is 0 Å². The first-order chi connectivity index (χ1) is 10.2. The predicted molar refractivity (Wildman–Crippen MR) is 80.9 cm³/mol. The molecule has 6 heteroatoms. The second-order valence-electron chi connectivity index (χ2n) is 5.27. The summed E-state index contributed by atoms with van der Waals surface area (Å²) in [5, 5.41) is 8.42. The topological polar surface area (TPSA) is 83.1 Å². The van der Waals surface area contributed by atoms with Gasteiger partial charge in [-0.25, -0.2) is 4.79 Å². The first kappa shape index (κ1) is 15.3. The van der Waals surface area contributed by atoms with Crippen LogP contribution in [-0.2, 0) is 4.79 Å². The average molecular weight is 290 g/mol. The number of pyridine rings is 1. The first-order valence-corrected chi connectivity index (χ1v) is 7.48. The largest absolute Gasteiger partial charge is 0.338 e. The number of carbonyl (C=O) groups excluding carboxylic acids is 2. The summed E-state index contributed by atoms with van der Waals surface area (Å²) in [5.41, 5.74) is 0.710. The molecule has 1 heterocycles. The number of hydrogen-bond acceptors (Lipinski definition) is 3. The van der Waals surface area contributed by atoms with Gasteiger partial charge in [0.05, 0.1) is 0 Å². The van der Waals surface area contributed by atoms with Crippen LogP contribution in [0.4, 0.5) is 10.5 Å². The van der Waals surface area contributed by atoms with Crippen LogP contribution in [0.15, 0.2) is 24.5 Å². The van der Waals surface area contributed by atoms with E-state index in [-0.39, 0.29) is 24.4 Å². The summed E-state index contributed by atoms with van der Waals surface area (Å²) in [5.74, 6) is -0.126. The fourth-order valence-corrected chi connectivity index (χ4v) is 2.43. The van der Waals surface area contributed by atoms with Gasteiger partial charge in [-0.05, 0) is 25.0 Å². The van der Waals surface area contributed by atoms with E-state index < -0.39 is 0 Å². The van der Waals surface area contributed by atoms with Gasteiger partial charge >= 0.3 is 6.03 Å². The minimum atomic E-state index is -0.182. The SMILES string of the molecule is O=C(CCNC(=O)NC1CCCCC1)Nc1ccncc1. The quantitative estimate of drug-likeness (QED) is 0.776. The number of hydrogen-bond donors (Lipinski definition) is 3. The highest BCUT2D eigenvalue weighted by Crippen LogP contribution is 2.17. The lowest BCUT2D eigenvalue weighted by Gasteiger charge is -2.22. The molecule has 0 aliphatic heterocycles. The van der Waals surface area contributed by atoms with E-state index in [1.54, 1.807) is 24.5 Å². The highest BCUT2D eigenvalue weighted by atomic mass is 16.2. The molecule has 1 aliphatic rings. The maximum atomic E-state index is 11.7. The Morgan fingerprint density at radius 1 is 1.14 bits per heavy atom. The molecule has 0 saturated heterocycles. The summed E-state index contributed by atoms with van der Waals surface area (Å²) < 4.78 is 0. The summed E-state index contributed by atoms with van der Waals surface area (Å²) in [6, 6.07) is 3.55. The van der Waals surface area contributed by atoms with Crippen molar-refractivity contribution in [2.24, 2.45) is 0 Å². The minimum Gasteiger partial charge on any atom is -0.338 e.